The summed E-state index contributed by atoms with van der Waals surface area (Å²) in [5.41, 5.74) is 2.16. The minimum atomic E-state index is -0.517. The standard InChI is InChI=1S/C16H16ClNO3/c1-3-21-16(20)13-10(2)18-15(17)12(9-19)14(13)11-7-5-4-6-8-11/h4-9,14,18H,3H2,1-2H3. The van der Waals surface area contributed by atoms with E-state index in [1.54, 1.807) is 13.8 Å². The first-order valence-corrected chi connectivity index (χ1v) is 7.02. The smallest absolute Gasteiger partial charge is 0.336 e. The minimum Gasteiger partial charge on any atom is -0.463 e. The van der Waals surface area contributed by atoms with E-state index >= 15 is 0 Å². The average Bonchev–Trinajstić information content (AvgIpc) is 2.47. The lowest BCUT2D eigenvalue weighted by Gasteiger charge is -2.28. The summed E-state index contributed by atoms with van der Waals surface area (Å²) in [5.74, 6) is -0.962. The molecular weight excluding hydrogens is 290 g/mol. The Balaban J connectivity index is 2.57. The van der Waals surface area contributed by atoms with E-state index in [-0.39, 0.29) is 11.8 Å². The van der Waals surface area contributed by atoms with Crippen molar-refractivity contribution in [3.63, 3.8) is 0 Å². The first kappa shape index (κ1) is 15.3. The molecule has 4 nitrogen and oxygen atoms in total. The average molecular weight is 306 g/mol. The largest absolute Gasteiger partial charge is 0.463 e. The number of halogens is 1. The second kappa shape index (κ2) is 6.59. The van der Waals surface area contributed by atoms with E-state index in [4.69, 9.17) is 16.3 Å². The van der Waals surface area contributed by atoms with Gasteiger partial charge in [0.1, 0.15) is 11.4 Å². The number of ether oxygens (including phenoxy) is 1. The number of hydrogen-bond acceptors (Lipinski definition) is 4. The molecule has 0 aromatic heterocycles. The van der Waals surface area contributed by atoms with E-state index in [0.29, 0.717) is 23.1 Å². The molecule has 0 radical (unpaired) electrons. The van der Waals surface area contributed by atoms with Crippen molar-refractivity contribution in [3.05, 3.63) is 57.9 Å². The predicted octanol–water partition coefficient (Wildman–Crippen LogP) is 2.86. The highest BCUT2D eigenvalue weighted by molar-refractivity contribution is 6.31. The first-order chi connectivity index (χ1) is 10.1. The van der Waals surface area contributed by atoms with Crippen LogP contribution in [0.1, 0.15) is 25.3 Å². The molecule has 1 heterocycles. The minimum absolute atomic E-state index is 0.240. The Kier molecular flexibility index (Phi) is 4.81. The van der Waals surface area contributed by atoms with Crippen LogP contribution in [0.15, 0.2) is 52.3 Å². The number of esters is 1. The van der Waals surface area contributed by atoms with Crippen molar-refractivity contribution in [2.24, 2.45) is 0 Å². The maximum absolute atomic E-state index is 12.3. The highest BCUT2D eigenvalue weighted by atomic mass is 35.5. The summed E-state index contributed by atoms with van der Waals surface area (Å²) in [6.45, 7) is 3.75. The molecule has 0 spiro atoms. The number of carbonyl (C=O) groups excluding carboxylic acids is 2. The molecule has 21 heavy (non-hydrogen) atoms. The lowest BCUT2D eigenvalue weighted by molar-refractivity contribution is -0.138. The van der Waals surface area contributed by atoms with Crippen LogP contribution < -0.4 is 5.32 Å². The van der Waals surface area contributed by atoms with Gasteiger partial charge < -0.3 is 10.1 Å². The van der Waals surface area contributed by atoms with Gasteiger partial charge in [-0.25, -0.2) is 4.79 Å². The summed E-state index contributed by atoms with van der Waals surface area (Å²) in [4.78, 5) is 23.7. The maximum Gasteiger partial charge on any atom is 0.336 e. The Morgan fingerprint density at radius 1 is 1.38 bits per heavy atom. The van der Waals surface area contributed by atoms with Gasteiger partial charge in [0.05, 0.1) is 12.2 Å². The van der Waals surface area contributed by atoms with Crippen molar-refractivity contribution in [2.45, 2.75) is 19.8 Å². The topological polar surface area (TPSA) is 55.4 Å². The second-order valence-corrected chi connectivity index (χ2v) is 4.99. The van der Waals surface area contributed by atoms with Gasteiger partial charge in [0.15, 0.2) is 0 Å². The van der Waals surface area contributed by atoms with Crippen molar-refractivity contribution < 1.29 is 14.3 Å². The Morgan fingerprint density at radius 2 is 2.05 bits per heavy atom. The van der Waals surface area contributed by atoms with Gasteiger partial charge in [-0.15, -0.1) is 0 Å². The van der Waals surface area contributed by atoms with E-state index in [0.717, 1.165) is 5.56 Å². The zero-order chi connectivity index (χ0) is 15.4. The maximum atomic E-state index is 12.3. The molecule has 5 heteroatoms. The van der Waals surface area contributed by atoms with Gasteiger partial charge in [-0.1, -0.05) is 41.9 Å². The third-order valence-electron chi connectivity index (χ3n) is 3.31. The van der Waals surface area contributed by atoms with E-state index in [2.05, 4.69) is 5.32 Å². The quantitative estimate of drug-likeness (QED) is 0.528. The van der Waals surface area contributed by atoms with E-state index < -0.39 is 11.9 Å². The highest BCUT2D eigenvalue weighted by Gasteiger charge is 2.34. The molecule has 1 N–H and O–H groups in total. The van der Waals surface area contributed by atoms with Crippen molar-refractivity contribution in [1.29, 1.82) is 0 Å². The van der Waals surface area contributed by atoms with Crippen molar-refractivity contribution >= 4 is 23.9 Å². The summed E-state index contributed by atoms with van der Waals surface area (Å²) in [6, 6.07) is 9.29. The van der Waals surface area contributed by atoms with Gasteiger partial charge in [-0.3, -0.25) is 4.79 Å². The Bertz CT molecular complexity index is 620. The zero-order valence-electron chi connectivity index (χ0n) is 11.9. The molecular formula is C16H16ClNO3. The zero-order valence-corrected chi connectivity index (χ0v) is 12.6. The first-order valence-electron chi connectivity index (χ1n) is 6.64. The molecule has 1 atom stereocenters. The third kappa shape index (κ3) is 3.00. The Labute approximate surface area is 128 Å². The molecule has 1 aromatic carbocycles. The van der Waals surface area contributed by atoms with Gasteiger partial charge in [-0.05, 0) is 19.4 Å². The molecule has 1 unspecified atom stereocenters. The summed E-state index contributed by atoms with van der Waals surface area (Å²) < 4.78 is 5.11. The van der Waals surface area contributed by atoms with Crippen LogP contribution in [-0.4, -0.2) is 18.9 Å². The van der Waals surface area contributed by atoms with Gasteiger partial charge in [-0.2, -0.15) is 0 Å². The van der Waals surface area contributed by atoms with Crippen LogP contribution in [0.2, 0.25) is 0 Å². The monoisotopic (exact) mass is 305 g/mol. The second-order valence-electron chi connectivity index (χ2n) is 4.62. The van der Waals surface area contributed by atoms with E-state index in [9.17, 15) is 9.59 Å². The number of allylic oxidation sites excluding steroid dienone is 2. The summed E-state index contributed by atoms with van der Waals surface area (Å²) in [5, 5.41) is 3.10. The van der Waals surface area contributed by atoms with Crippen LogP contribution in [-0.2, 0) is 14.3 Å². The van der Waals surface area contributed by atoms with Crippen molar-refractivity contribution in [3.8, 4) is 0 Å². The van der Waals surface area contributed by atoms with Crippen molar-refractivity contribution in [2.75, 3.05) is 6.61 Å². The molecule has 2 rings (SSSR count). The summed E-state index contributed by atoms with van der Waals surface area (Å²) in [6.07, 6.45) is 0.679. The third-order valence-corrected chi connectivity index (χ3v) is 3.62. The van der Waals surface area contributed by atoms with Gasteiger partial charge >= 0.3 is 5.97 Å². The lowest BCUT2D eigenvalue weighted by Crippen LogP contribution is -2.28. The number of hydrogen-bond donors (Lipinski definition) is 1. The normalized spacial score (nSPS) is 18.3. The summed E-state index contributed by atoms with van der Waals surface area (Å²) >= 11 is 6.12. The number of rotatable bonds is 4. The Morgan fingerprint density at radius 3 is 2.62 bits per heavy atom. The fourth-order valence-electron chi connectivity index (χ4n) is 2.39. The molecule has 110 valence electrons. The number of aldehydes is 1. The summed E-state index contributed by atoms with van der Waals surface area (Å²) in [7, 11) is 0. The van der Waals surface area contributed by atoms with Gasteiger partial charge in [0, 0.05) is 17.2 Å². The fraction of sp³-hybridized carbons (Fsp3) is 0.250. The number of dihydropyridines is 1. The molecule has 1 aromatic rings. The molecule has 1 aliphatic heterocycles. The molecule has 0 amide bonds. The molecule has 1 aliphatic rings. The van der Waals surface area contributed by atoms with Crippen LogP contribution in [0.4, 0.5) is 0 Å². The molecule has 0 saturated carbocycles. The number of carbonyl (C=O) groups is 2. The van der Waals surface area contributed by atoms with Crippen LogP contribution in [0.5, 0.6) is 0 Å². The number of benzene rings is 1. The highest BCUT2D eigenvalue weighted by Crippen LogP contribution is 2.38. The molecule has 0 aliphatic carbocycles. The number of nitrogens with one attached hydrogen (secondary N) is 1. The Hall–Kier alpha value is -2.07. The van der Waals surface area contributed by atoms with Gasteiger partial charge in [0.2, 0.25) is 0 Å². The van der Waals surface area contributed by atoms with Crippen LogP contribution in [0, 0.1) is 0 Å². The van der Waals surface area contributed by atoms with Crippen LogP contribution in [0.25, 0.3) is 0 Å². The molecule has 0 fully saturated rings. The van der Waals surface area contributed by atoms with Crippen molar-refractivity contribution in [1.82, 2.24) is 5.32 Å². The SMILES string of the molecule is CCOC(=O)C1=C(C)NC(Cl)=C(C=O)C1c1ccccc1. The molecule has 0 saturated heterocycles. The van der Waals surface area contributed by atoms with E-state index in [1.165, 1.54) is 0 Å². The lowest BCUT2D eigenvalue weighted by atomic mass is 9.82. The predicted molar refractivity (Wildman–Crippen MR) is 80.6 cm³/mol. The van der Waals surface area contributed by atoms with E-state index in [1.807, 2.05) is 30.3 Å². The molecule has 0 bridgehead atoms. The van der Waals surface area contributed by atoms with Gasteiger partial charge in [0.25, 0.3) is 0 Å². The van der Waals surface area contributed by atoms with Crippen LogP contribution >= 0.6 is 11.6 Å². The fourth-order valence-corrected chi connectivity index (χ4v) is 2.69. The van der Waals surface area contributed by atoms with Crippen LogP contribution in [0.3, 0.4) is 0 Å².